The molecular weight excluding hydrogens is 304 g/mol. The molecule has 98 valence electrons. The van der Waals surface area contributed by atoms with Gasteiger partial charge in [0.05, 0.1) is 12.7 Å². The molecule has 0 aliphatic carbocycles. The van der Waals surface area contributed by atoms with Crippen LogP contribution in [0.3, 0.4) is 0 Å². The minimum absolute atomic E-state index is 0.0266. The van der Waals surface area contributed by atoms with Crippen LogP contribution in [-0.4, -0.2) is 12.9 Å². The van der Waals surface area contributed by atoms with Crippen LogP contribution in [0.4, 0.5) is 0 Å². The third-order valence-electron chi connectivity index (χ3n) is 3.01. The van der Waals surface area contributed by atoms with Crippen molar-refractivity contribution < 1.29 is 9.53 Å². The number of aryl methyl sites for hydroxylation is 2. The first kappa shape index (κ1) is 13.8. The molecule has 0 aliphatic rings. The average molecular weight is 319 g/mol. The SMILES string of the molecule is COc1cc(C)c(Br)cc1C(=O)c1cccc(C)c1. The van der Waals surface area contributed by atoms with Gasteiger partial charge < -0.3 is 4.74 Å². The molecule has 19 heavy (non-hydrogen) atoms. The Morgan fingerprint density at radius 3 is 2.53 bits per heavy atom. The van der Waals surface area contributed by atoms with E-state index in [-0.39, 0.29) is 5.78 Å². The van der Waals surface area contributed by atoms with E-state index < -0.39 is 0 Å². The van der Waals surface area contributed by atoms with Crippen LogP contribution in [0.25, 0.3) is 0 Å². The molecular formula is C16H15BrO2. The smallest absolute Gasteiger partial charge is 0.196 e. The second-order valence-corrected chi connectivity index (χ2v) is 5.35. The maximum Gasteiger partial charge on any atom is 0.196 e. The highest BCUT2D eigenvalue weighted by atomic mass is 79.9. The van der Waals surface area contributed by atoms with E-state index in [0.717, 1.165) is 15.6 Å². The van der Waals surface area contributed by atoms with E-state index in [1.54, 1.807) is 7.11 Å². The van der Waals surface area contributed by atoms with Crippen molar-refractivity contribution in [1.82, 2.24) is 0 Å². The van der Waals surface area contributed by atoms with Gasteiger partial charge in [0.15, 0.2) is 5.78 Å². The predicted molar refractivity (Wildman–Crippen MR) is 80.0 cm³/mol. The van der Waals surface area contributed by atoms with E-state index in [1.165, 1.54) is 0 Å². The Morgan fingerprint density at radius 2 is 1.89 bits per heavy atom. The maximum absolute atomic E-state index is 12.5. The minimum atomic E-state index is -0.0266. The van der Waals surface area contributed by atoms with E-state index in [1.807, 2.05) is 50.2 Å². The summed E-state index contributed by atoms with van der Waals surface area (Å²) in [6.45, 7) is 3.94. The van der Waals surface area contributed by atoms with Crippen molar-refractivity contribution in [3.05, 3.63) is 63.1 Å². The summed E-state index contributed by atoms with van der Waals surface area (Å²) in [4.78, 5) is 12.5. The van der Waals surface area contributed by atoms with Crippen LogP contribution >= 0.6 is 15.9 Å². The van der Waals surface area contributed by atoms with Gasteiger partial charge in [-0.3, -0.25) is 4.79 Å². The number of rotatable bonds is 3. The summed E-state index contributed by atoms with van der Waals surface area (Å²) >= 11 is 3.46. The Kier molecular flexibility index (Phi) is 4.05. The molecule has 0 saturated heterocycles. The summed E-state index contributed by atoms with van der Waals surface area (Å²) in [6.07, 6.45) is 0. The molecule has 0 heterocycles. The zero-order valence-electron chi connectivity index (χ0n) is 11.2. The molecule has 0 saturated carbocycles. The van der Waals surface area contributed by atoms with Crippen molar-refractivity contribution >= 4 is 21.7 Å². The Labute approximate surface area is 121 Å². The van der Waals surface area contributed by atoms with Crippen molar-refractivity contribution in [1.29, 1.82) is 0 Å². The largest absolute Gasteiger partial charge is 0.496 e. The molecule has 2 aromatic carbocycles. The number of benzene rings is 2. The van der Waals surface area contributed by atoms with Crippen LogP contribution in [0.2, 0.25) is 0 Å². The molecule has 0 N–H and O–H groups in total. The predicted octanol–water partition coefficient (Wildman–Crippen LogP) is 4.31. The van der Waals surface area contributed by atoms with Gasteiger partial charge in [0.2, 0.25) is 0 Å². The first-order valence-electron chi connectivity index (χ1n) is 5.98. The van der Waals surface area contributed by atoms with Gasteiger partial charge in [0.25, 0.3) is 0 Å². The number of ether oxygens (including phenoxy) is 1. The quantitative estimate of drug-likeness (QED) is 0.788. The zero-order valence-corrected chi connectivity index (χ0v) is 12.7. The molecule has 0 fully saturated rings. The Balaban J connectivity index is 2.52. The number of halogens is 1. The summed E-state index contributed by atoms with van der Waals surface area (Å²) in [7, 11) is 1.58. The number of hydrogen-bond donors (Lipinski definition) is 0. The molecule has 0 spiro atoms. The van der Waals surface area contributed by atoms with Crippen molar-refractivity contribution in [3.63, 3.8) is 0 Å². The first-order chi connectivity index (χ1) is 9.02. The van der Waals surface area contributed by atoms with Crippen LogP contribution < -0.4 is 4.74 Å². The highest BCUT2D eigenvalue weighted by Gasteiger charge is 2.16. The second-order valence-electron chi connectivity index (χ2n) is 4.50. The van der Waals surface area contributed by atoms with E-state index in [9.17, 15) is 4.79 Å². The Morgan fingerprint density at radius 1 is 1.16 bits per heavy atom. The zero-order chi connectivity index (χ0) is 14.0. The van der Waals surface area contributed by atoms with Crippen LogP contribution in [0, 0.1) is 13.8 Å². The van der Waals surface area contributed by atoms with Gasteiger partial charge in [-0.25, -0.2) is 0 Å². The molecule has 0 amide bonds. The van der Waals surface area contributed by atoms with E-state index in [0.29, 0.717) is 16.9 Å². The topological polar surface area (TPSA) is 26.3 Å². The molecule has 0 aromatic heterocycles. The maximum atomic E-state index is 12.5. The summed E-state index contributed by atoms with van der Waals surface area (Å²) in [5, 5.41) is 0. The van der Waals surface area contributed by atoms with Gasteiger partial charge in [-0.2, -0.15) is 0 Å². The fraction of sp³-hybridized carbons (Fsp3) is 0.188. The molecule has 0 atom stereocenters. The van der Waals surface area contributed by atoms with Gasteiger partial charge in [0.1, 0.15) is 5.75 Å². The van der Waals surface area contributed by atoms with Crippen molar-refractivity contribution in [2.75, 3.05) is 7.11 Å². The summed E-state index contributed by atoms with van der Waals surface area (Å²) in [5.74, 6) is 0.577. The van der Waals surface area contributed by atoms with Crippen molar-refractivity contribution in [2.45, 2.75) is 13.8 Å². The summed E-state index contributed by atoms with van der Waals surface area (Å²) in [6, 6.07) is 11.3. The number of carbonyl (C=O) groups is 1. The van der Waals surface area contributed by atoms with Gasteiger partial charge >= 0.3 is 0 Å². The Hall–Kier alpha value is -1.61. The second kappa shape index (κ2) is 5.57. The molecule has 0 aliphatic heterocycles. The molecule has 0 bridgehead atoms. The molecule has 2 rings (SSSR count). The van der Waals surface area contributed by atoms with Gasteiger partial charge in [-0.1, -0.05) is 39.7 Å². The lowest BCUT2D eigenvalue weighted by atomic mass is 10.00. The van der Waals surface area contributed by atoms with Crippen LogP contribution in [-0.2, 0) is 0 Å². The normalized spacial score (nSPS) is 10.3. The van der Waals surface area contributed by atoms with Crippen LogP contribution in [0.15, 0.2) is 40.9 Å². The lowest BCUT2D eigenvalue weighted by Crippen LogP contribution is -2.05. The van der Waals surface area contributed by atoms with Gasteiger partial charge in [-0.05, 0) is 37.6 Å². The van der Waals surface area contributed by atoms with E-state index >= 15 is 0 Å². The third kappa shape index (κ3) is 2.87. The van der Waals surface area contributed by atoms with E-state index in [4.69, 9.17) is 4.74 Å². The highest BCUT2D eigenvalue weighted by Crippen LogP contribution is 2.28. The third-order valence-corrected chi connectivity index (χ3v) is 3.86. The molecule has 0 radical (unpaired) electrons. The number of ketones is 1. The lowest BCUT2D eigenvalue weighted by molar-refractivity contribution is 0.103. The first-order valence-corrected chi connectivity index (χ1v) is 6.77. The molecule has 0 unspecified atom stereocenters. The van der Waals surface area contributed by atoms with Crippen LogP contribution in [0.5, 0.6) is 5.75 Å². The minimum Gasteiger partial charge on any atom is -0.496 e. The standard InChI is InChI=1S/C16H15BrO2/c1-10-5-4-6-12(7-10)16(18)13-9-14(17)11(2)8-15(13)19-3/h4-9H,1-3H3. The Bertz CT molecular complexity index is 633. The number of methoxy groups -OCH3 is 1. The summed E-state index contributed by atoms with van der Waals surface area (Å²) < 4.78 is 6.22. The number of carbonyl (C=O) groups excluding carboxylic acids is 1. The monoisotopic (exact) mass is 318 g/mol. The fourth-order valence-electron chi connectivity index (χ4n) is 1.94. The van der Waals surface area contributed by atoms with Crippen LogP contribution in [0.1, 0.15) is 27.0 Å². The van der Waals surface area contributed by atoms with E-state index in [2.05, 4.69) is 15.9 Å². The highest BCUT2D eigenvalue weighted by molar-refractivity contribution is 9.10. The molecule has 3 heteroatoms. The summed E-state index contributed by atoms with van der Waals surface area (Å²) in [5.41, 5.74) is 3.35. The molecule has 2 nitrogen and oxygen atoms in total. The average Bonchev–Trinajstić information content (AvgIpc) is 2.40. The van der Waals surface area contributed by atoms with Gasteiger partial charge in [-0.15, -0.1) is 0 Å². The lowest BCUT2D eigenvalue weighted by Gasteiger charge is -2.10. The van der Waals surface area contributed by atoms with Crippen molar-refractivity contribution in [2.24, 2.45) is 0 Å². The fourth-order valence-corrected chi connectivity index (χ4v) is 2.29. The molecule has 2 aromatic rings. The van der Waals surface area contributed by atoms with Gasteiger partial charge in [0, 0.05) is 10.0 Å². The van der Waals surface area contributed by atoms with Crippen molar-refractivity contribution in [3.8, 4) is 5.75 Å². The number of hydrogen-bond acceptors (Lipinski definition) is 2.